The molecule has 5 nitrogen and oxygen atoms in total. The summed E-state index contributed by atoms with van der Waals surface area (Å²) in [6.07, 6.45) is 3.11. The van der Waals surface area contributed by atoms with Crippen LogP contribution in [-0.2, 0) is 10.2 Å². The Kier molecular flexibility index (Phi) is 3.53. The quantitative estimate of drug-likeness (QED) is 0.764. The van der Waals surface area contributed by atoms with Crippen LogP contribution in [0.1, 0.15) is 26.2 Å². The number of nitrogens with one attached hydrogen (secondary N) is 1. The predicted molar refractivity (Wildman–Crippen MR) is 63.4 cm³/mol. The first-order valence-corrected chi connectivity index (χ1v) is 7.38. The molecule has 0 aromatic rings. The van der Waals surface area contributed by atoms with Crippen LogP contribution < -0.4 is 5.32 Å². The number of piperidine rings is 1. The Bertz CT molecular complexity index is 340. The first-order chi connectivity index (χ1) is 7.53. The van der Waals surface area contributed by atoms with Gasteiger partial charge in [0.2, 0.25) is 0 Å². The van der Waals surface area contributed by atoms with Crippen molar-refractivity contribution in [1.82, 2.24) is 13.9 Å². The van der Waals surface area contributed by atoms with Crippen molar-refractivity contribution >= 4 is 10.2 Å². The highest BCUT2D eigenvalue weighted by molar-refractivity contribution is 7.86. The molecular formula is C10H21N3O2S. The number of hydrogen-bond donors (Lipinski definition) is 1. The van der Waals surface area contributed by atoms with Gasteiger partial charge in [0.05, 0.1) is 6.04 Å². The highest BCUT2D eigenvalue weighted by atomic mass is 32.2. The normalized spacial score (nSPS) is 29.3. The van der Waals surface area contributed by atoms with Crippen molar-refractivity contribution in [2.45, 2.75) is 38.3 Å². The summed E-state index contributed by atoms with van der Waals surface area (Å²) in [6, 6.07) is 0.286. The topological polar surface area (TPSA) is 52.7 Å². The van der Waals surface area contributed by atoms with Gasteiger partial charge in [0.1, 0.15) is 0 Å². The summed E-state index contributed by atoms with van der Waals surface area (Å²) in [5, 5.41) is 3.10. The largest absolute Gasteiger partial charge is 0.313 e. The van der Waals surface area contributed by atoms with E-state index in [9.17, 15) is 8.42 Å². The van der Waals surface area contributed by atoms with Crippen LogP contribution in [0.2, 0.25) is 0 Å². The summed E-state index contributed by atoms with van der Waals surface area (Å²) in [5.41, 5.74) is 0. The molecular weight excluding hydrogens is 226 g/mol. The molecule has 2 fully saturated rings. The van der Waals surface area contributed by atoms with E-state index in [1.54, 1.807) is 11.4 Å². The zero-order valence-electron chi connectivity index (χ0n) is 10.0. The third-order valence-electron chi connectivity index (χ3n) is 3.68. The second-order valence-corrected chi connectivity index (χ2v) is 6.73. The molecule has 2 rings (SSSR count). The highest BCUT2D eigenvalue weighted by Crippen LogP contribution is 2.23. The van der Waals surface area contributed by atoms with Gasteiger partial charge in [0.25, 0.3) is 10.2 Å². The Morgan fingerprint density at radius 2 is 2.00 bits per heavy atom. The molecule has 0 aliphatic carbocycles. The molecule has 0 spiro atoms. The maximum atomic E-state index is 12.4. The molecule has 1 N–H and O–H groups in total. The summed E-state index contributed by atoms with van der Waals surface area (Å²) < 4.78 is 27.9. The van der Waals surface area contributed by atoms with E-state index in [1.807, 2.05) is 6.92 Å². The molecule has 0 aromatic carbocycles. The molecule has 1 atom stereocenters. The van der Waals surface area contributed by atoms with Crippen LogP contribution in [0.5, 0.6) is 0 Å². The van der Waals surface area contributed by atoms with Crippen molar-refractivity contribution in [1.29, 1.82) is 0 Å². The summed E-state index contributed by atoms with van der Waals surface area (Å²) >= 11 is 0. The van der Waals surface area contributed by atoms with E-state index in [0.29, 0.717) is 6.54 Å². The molecule has 0 bridgehead atoms. The molecule has 0 saturated carbocycles. The van der Waals surface area contributed by atoms with E-state index in [4.69, 9.17) is 0 Å². The Labute approximate surface area is 98.0 Å². The van der Waals surface area contributed by atoms with Crippen LogP contribution in [0.25, 0.3) is 0 Å². The van der Waals surface area contributed by atoms with Gasteiger partial charge in [-0.05, 0) is 19.8 Å². The van der Waals surface area contributed by atoms with Gasteiger partial charge in [-0.1, -0.05) is 6.42 Å². The van der Waals surface area contributed by atoms with Crippen LogP contribution in [0.4, 0.5) is 0 Å². The lowest BCUT2D eigenvalue weighted by Crippen LogP contribution is -2.61. The number of hydrogen-bond acceptors (Lipinski definition) is 3. The van der Waals surface area contributed by atoms with Crippen LogP contribution in [0.3, 0.4) is 0 Å². The molecule has 2 aliphatic rings. The van der Waals surface area contributed by atoms with Gasteiger partial charge in [0.15, 0.2) is 0 Å². The standard InChI is InChI=1S/C10H21N3O2S/c1-9-5-3-4-6-13(9)16(14,15)12(2)10-7-11-8-10/h9-11H,3-8H2,1-2H3. The average molecular weight is 247 g/mol. The number of rotatable bonds is 3. The molecule has 2 heterocycles. The van der Waals surface area contributed by atoms with E-state index >= 15 is 0 Å². The lowest BCUT2D eigenvalue weighted by molar-refractivity contribution is 0.217. The zero-order chi connectivity index (χ0) is 11.8. The molecule has 6 heteroatoms. The van der Waals surface area contributed by atoms with E-state index in [2.05, 4.69) is 5.32 Å². The highest BCUT2D eigenvalue weighted by Gasteiger charge is 2.37. The molecule has 16 heavy (non-hydrogen) atoms. The third-order valence-corrected chi connectivity index (χ3v) is 5.84. The second-order valence-electron chi connectivity index (χ2n) is 4.79. The third kappa shape index (κ3) is 2.11. The van der Waals surface area contributed by atoms with Crippen molar-refractivity contribution < 1.29 is 8.42 Å². The van der Waals surface area contributed by atoms with Gasteiger partial charge in [0, 0.05) is 32.7 Å². The second kappa shape index (κ2) is 4.60. The maximum Gasteiger partial charge on any atom is 0.282 e. The minimum atomic E-state index is -3.24. The van der Waals surface area contributed by atoms with E-state index in [1.165, 1.54) is 4.31 Å². The maximum absolute atomic E-state index is 12.4. The van der Waals surface area contributed by atoms with Crippen molar-refractivity contribution in [2.75, 3.05) is 26.7 Å². The zero-order valence-corrected chi connectivity index (χ0v) is 10.8. The molecule has 0 radical (unpaired) electrons. The summed E-state index contributed by atoms with van der Waals surface area (Å²) in [7, 11) is -1.55. The van der Waals surface area contributed by atoms with Gasteiger partial charge in [-0.3, -0.25) is 0 Å². The molecule has 0 aromatic heterocycles. The van der Waals surface area contributed by atoms with Gasteiger partial charge >= 0.3 is 0 Å². The number of likely N-dealkylation sites (N-methyl/N-ethyl adjacent to an activating group) is 1. The van der Waals surface area contributed by atoms with Crippen LogP contribution in [0.15, 0.2) is 0 Å². The monoisotopic (exact) mass is 247 g/mol. The fourth-order valence-electron chi connectivity index (χ4n) is 2.30. The van der Waals surface area contributed by atoms with Gasteiger partial charge in [-0.2, -0.15) is 17.0 Å². The van der Waals surface area contributed by atoms with Gasteiger partial charge in [-0.25, -0.2) is 0 Å². The van der Waals surface area contributed by atoms with Crippen molar-refractivity contribution in [3.63, 3.8) is 0 Å². The van der Waals surface area contributed by atoms with Crippen molar-refractivity contribution in [3.8, 4) is 0 Å². The first-order valence-electron chi connectivity index (χ1n) is 5.99. The van der Waals surface area contributed by atoms with E-state index < -0.39 is 10.2 Å². The minimum absolute atomic E-state index is 0.138. The Morgan fingerprint density at radius 3 is 2.50 bits per heavy atom. The predicted octanol–water partition coefficient (Wildman–Crippen LogP) is 0.00920. The van der Waals surface area contributed by atoms with E-state index in [-0.39, 0.29) is 12.1 Å². The molecule has 2 aliphatic heterocycles. The van der Waals surface area contributed by atoms with Gasteiger partial charge < -0.3 is 5.32 Å². The summed E-state index contributed by atoms with van der Waals surface area (Å²) in [6.45, 7) is 4.23. The van der Waals surface area contributed by atoms with Gasteiger partial charge in [-0.15, -0.1) is 0 Å². The molecule has 94 valence electrons. The first kappa shape index (κ1) is 12.3. The molecule has 2 saturated heterocycles. The Morgan fingerprint density at radius 1 is 1.31 bits per heavy atom. The van der Waals surface area contributed by atoms with Crippen LogP contribution in [0, 0.1) is 0 Å². The van der Waals surface area contributed by atoms with E-state index in [0.717, 1.165) is 32.4 Å². The summed E-state index contributed by atoms with van der Waals surface area (Å²) in [4.78, 5) is 0. The lowest BCUT2D eigenvalue weighted by Gasteiger charge is -2.40. The van der Waals surface area contributed by atoms with Crippen LogP contribution in [-0.4, -0.2) is 55.8 Å². The molecule has 1 unspecified atom stereocenters. The fraction of sp³-hybridized carbons (Fsp3) is 1.00. The smallest absolute Gasteiger partial charge is 0.282 e. The average Bonchev–Trinajstić information content (AvgIpc) is 2.15. The number of nitrogens with zero attached hydrogens (tertiary/aromatic N) is 2. The van der Waals surface area contributed by atoms with Crippen molar-refractivity contribution in [3.05, 3.63) is 0 Å². The Hall–Kier alpha value is -0.170. The lowest BCUT2D eigenvalue weighted by atomic mass is 10.1. The summed E-state index contributed by atoms with van der Waals surface area (Å²) in [5.74, 6) is 0. The Balaban J connectivity index is 2.10. The van der Waals surface area contributed by atoms with Crippen molar-refractivity contribution in [2.24, 2.45) is 0 Å². The molecule has 0 amide bonds. The minimum Gasteiger partial charge on any atom is -0.313 e. The fourth-order valence-corrected chi connectivity index (χ4v) is 4.08. The SMILES string of the molecule is CC1CCCCN1S(=O)(=O)N(C)C1CNC1. The van der Waals surface area contributed by atoms with Crippen LogP contribution >= 0.6 is 0 Å².